The second-order valence-electron chi connectivity index (χ2n) is 4.23. The number of ether oxygens (including phenoxy) is 1. The minimum absolute atomic E-state index is 0.258. The highest BCUT2D eigenvalue weighted by Crippen LogP contribution is 2.17. The van der Waals surface area contributed by atoms with E-state index in [0.717, 1.165) is 6.54 Å². The van der Waals surface area contributed by atoms with Gasteiger partial charge in [0.1, 0.15) is 0 Å². The molecule has 0 radical (unpaired) electrons. The third-order valence-corrected chi connectivity index (χ3v) is 2.91. The Kier molecular flexibility index (Phi) is 6.67. The van der Waals surface area contributed by atoms with Crippen molar-refractivity contribution in [2.24, 2.45) is 5.73 Å². The lowest BCUT2D eigenvalue weighted by Crippen LogP contribution is -2.44. The van der Waals surface area contributed by atoms with E-state index in [1.165, 1.54) is 18.5 Å². The van der Waals surface area contributed by atoms with E-state index in [1.54, 1.807) is 7.11 Å². The predicted molar refractivity (Wildman–Crippen MR) is 73.4 cm³/mol. The van der Waals surface area contributed by atoms with Gasteiger partial charge in [-0.1, -0.05) is 31.5 Å². The molecule has 1 atom stereocenters. The molecule has 2 N–H and O–H groups in total. The summed E-state index contributed by atoms with van der Waals surface area (Å²) in [4.78, 5) is 2.35. The van der Waals surface area contributed by atoms with Gasteiger partial charge in [-0.3, -0.25) is 0 Å². The van der Waals surface area contributed by atoms with E-state index in [4.69, 9.17) is 10.5 Å². The smallest absolute Gasteiger partial charge is 0.0678 e. The van der Waals surface area contributed by atoms with Gasteiger partial charge >= 0.3 is 0 Å². The molecule has 96 valence electrons. The zero-order valence-electron chi connectivity index (χ0n) is 10.9. The van der Waals surface area contributed by atoms with Crippen LogP contribution in [0.15, 0.2) is 30.3 Å². The molecule has 0 bridgehead atoms. The van der Waals surface area contributed by atoms with E-state index in [9.17, 15) is 0 Å². The average molecular weight is 236 g/mol. The van der Waals surface area contributed by atoms with Crippen molar-refractivity contribution in [2.75, 3.05) is 31.7 Å². The van der Waals surface area contributed by atoms with Gasteiger partial charge in [-0.15, -0.1) is 0 Å². The summed E-state index contributed by atoms with van der Waals surface area (Å²) in [6.07, 6.45) is 2.36. The van der Waals surface area contributed by atoms with Gasteiger partial charge in [0.2, 0.25) is 0 Å². The Hall–Kier alpha value is -1.06. The van der Waals surface area contributed by atoms with E-state index in [0.29, 0.717) is 13.2 Å². The fourth-order valence-corrected chi connectivity index (χ4v) is 1.95. The molecule has 0 amide bonds. The summed E-state index contributed by atoms with van der Waals surface area (Å²) in [6.45, 7) is 4.53. The number of nitrogens with zero attached hydrogens (tertiary/aromatic N) is 1. The average Bonchev–Trinajstić information content (AvgIpc) is 2.39. The molecule has 0 aliphatic rings. The lowest BCUT2D eigenvalue weighted by Gasteiger charge is -2.32. The Bertz CT molecular complexity index is 290. The van der Waals surface area contributed by atoms with E-state index in [1.807, 2.05) is 6.07 Å². The Balaban J connectivity index is 2.78. The number of hydrogen-bond donors (Lipinski definition) is 1. The quantitative estimate of drug-likeness (QED) is 0.752. The van der Waals surface area contributed by atoms with Crippen LogP contribution in [0, 0.1) is 0 Å². The number of unbranched alkanes of at least 4 members (excludes halogenated alkanes) is 1. The summed E-state index contributed by atoms with van der Waals surface area (Å²) in [5.74, 6) is 0. The molecule has 0 saturated carbocycles. The summed E-state index contributed by atoms with van der Waals surface area (Å²) in [5, 5.41) is 0. The second-order valence-corrected chi connectivity index (χ2v) is 4.23. The van der Waals surface area contributed by atoms with Gasteiger partial charge in [0.05, 0.1) is 12.6 Å². The number of para-hydroxylation sites is 1. The van der Waals surface area contributed by atoms with Crippen LogP contribution in [0.4, 0.5) is 5.69 Å². The maximum absolute atomic E-state index is 5.85. The van der Waals surface area contributed by atoms with Gasteiger partial charge in [0, 0.05) is 25.9 Å². The second kappa shape index (κ2) is 8.09. The van der Waals surface area contributed by atoms with Crippen LogP contribution in [0.5, 0.6) is 0 Å². The van der Waals surface area contributed by atoms with Crippen molar-refractivity contribution < 1.29 is 4.74 Å². The molecule has 3 heteroatoms. The Morgan fingerprint density at radius 3 is 2.53 bits per heavy atom. The first-order valence-corrected chi connectivity index (χ1v) is 6.34. The van der Waals surface area contributed by atoms with Crippen molar-refractivity contribution in [3.63, 3.8) is 0 Å². The number of anilines is 1. The SMILES string of the molecule is CCCCN(c1ccccc1)C(CN)COC. The summed E-state index contributed by atoms with van der Waals surface area (Å²) >= 11 is 0. The molecule has 0 heterocycles. The first kappa shape index (κ1) is 14.0. The van der Waals surface area contributed by atoms with Crippen LogP contribution in [0.25, 0.3) is 0 Å². The minimum atomic E-state index is 0.258. The third-order valence-electron chi connectivity index (χ3n) is 2.91. The van der Waals surface area contributed by atoms with Crippen LogP contribution in [-0.2, 0) is 4.74 Å². The van der Waals surface area contributed by atoms with Gasteiger partial charge in [0.25, 0.3) is 0 Å². The third kappa shape index (κ3) is 4.36. The maximum Gasteiger partial charge on any atom is 0.0678 e. The standard InChI is InChI=1S/C14H24N2O/c1-3-4-10-16(14(11-15)12-17-2)13-8-6-5-7-9-13/h5-9,14H,3-4,10-12,15H2,1-2H3. The monoisotopic (exact) mass is 236 g/mol. The van der Waals surface area contributed by atoms with E-state index >= 15 is 0 Å². The normalized spacial score (nSPS) is 12.4. The number of rotatable bonds is 8. The molecule has 3 nitrogen and oxygen atoms in total. The van der Waals surface area contributed by atoms with Crippen molar-refractivity contribution in [3.05, 3.63) is 30.3 Å². The van der Waals surface area contributed by atoms with E-state index < -0.39 is 0 Å². The van der Waals surface area contributed by atoms with Crippen LogP contribution in [0.2, 0.25) is 0 Å². The van der Waals surface area contributed by atoms with E-state index in [-0.39, 0.29) is 6.04 Å². The number of benzene rings is 1. The van der Waals surface area contributed by atoms with Gasteiger partial charge in [-0.2, -0.15) is 0 Å². The highest BCUT2D eigenvalue weighted by atomic mass is 16.5. The molecule has 0 spiro atoms. The number of methoxy groups -OCH3 is 1. The molecule has 1 unspecified atom stereocenters. The van der Waals surface area contributed by atoms with Crippen LogP contribution in [0.3, 0.4) is 0 Å². The maximum atomic E-state index is 5.85. The molecule has 0 saturated heterocycles. The summed E-state index contributed by atoms with van der Waals surface area (Å²) in [5.41, 5.74) is 7.08. The first-order valence-electron chi connectivity index (χ1n) is 6.34. The lowest BCUT2D eigenvalue weighted by molar-refractivity contribution is 0.178. The summed E-state index contributed by atoms with van der Waals surface area (Å²) in [6, 6.07) is 10.7. The van der Waals surface area contributed by atoms with Crippen molar-refractivity contribution in [3.8, 4) is 0 Å². The van der Waals surface area contributed by atoms with Crippen molar-refractivity contribution in [2.45, 2.75) is 25.8 Å². The topological polar surface area (TPSA) is 38.5 Å². The largest absolute Gasteiger partial charge is 0.383 e. The van der Waals surface area contributed by atoms with Crippen molar-refractivity contribution >= 4 is 5.69 Å². The Labute approximate surface area is 105 Å². The summed E-state index contributed by atoms with van der Waals surface area (Å²) in [7, 11) is 1.73. The molecule has 1 aromatic rings. The molecule has 0 aromatic heterocycles. The number of hydrogen-bond acceptors (Lipinski definition) is 3. The van der Waals surface area contributed by atoms with Gasteiger partial charge in [-0.05, 0) is 18.6 Å². The van der Waals surface area contributed by atoms with Crippen LogP contribution in [0.1, 0.15) is 19.8 Å². The van der Waals surface area contributed by atoms with Gasteiger partial charge in [-0.25, -0.2) is 0 Å². The molecule has 0 aliphatic heterocycles. The molecular formula is C14H24N2O. The predicted octanol–water partition coefficient (Wildman–Crippen LogP) is 2.27. The van der Waals surface area contributed by atoms with E-state index in [2.05, 4.69) is 36.1 Å². The molecule has 17 heavy (non-hydrogen) atoms. The van der Waals surface area contributed by atoms with Crippen molar-refractivity contribution in [1.29, 1.82) is 0 Å². The van der Waals surface area contributed by atoms with Crippen LogP contribution in [-0.4, -0.2) is 32.8 Å². The zero-order valence-corrected chi connectivity index (χ0v) is 10.9. The molecular weight excluding hydrogens is 212 g/mol. The molecule has 1 rings (SSSR count). The highest BCUT2D eigenvalue weighted by Gasteiger charge is 2.16. The molecule has 1 aromatic carbocycles. The Morgan fingerprint density at radius 1 is 1.29 bits per heavy atom. The zero-order chi connectivity index (χ0) is 12.5. The molecule has 0 aliphatic carbocycles. The number of nitrogens with two attached hydrogens (primary N) is 1. The Morgan fingerprint density at radius 2 is 2.00 bits per heavy atom. The van der Waals surface area contributed by atoms with Gasteiger partial charge < -0.3 is 15.4 Å². The van der Waals surface area contributed by atoms with Gasteiger partial charge in [0.15, 0.2) is 0 Å². The first-order chi connectivity index (χ1) is 8.33. The highest BCUT2D eigenvalue weighted by molar-refractivity contribution is 5.47. The minimum Gasteiger partial charge on any atom is -0.383 e. The fourth-order valence-electron chi connectivity index (χ4n) is 1.95. The van der Waals surface area contributed by atoms with Crippen molar-refractivity contribution in [1.82, 2.24) is 0 Å². The lowest BCUT2D eigenvalue weighted by atomic mass is 10.2. The molecule has 0 fully saturated rings. The fraction of sp³-hybridized carbons (Fsp3) is 0.571. The summed E-state index contributed by atoms with van der Waals surface area (Å²) < 4.78 is 5.26. The van der Waals surface area contributed by atoms with Crippen LogP contribution >= 0.6 is 0 Å². The van der Waals surface area contributed by atoms with Crippen LogP contribution < -0.4 is 10.6 Å².